The second-order valence-corrected chi connectivity index (χ2v) is 14.1. The van der Waals surface area contributed by atoms with Gasteiger partial charge in [0, 0.05) is 29.6 Å². The zero-order valence-electron chi connectivity index (χ0n) is 32.0. The van der Waals surface area contributed by atoms with Gasteiger partial charge in [0.15, 0.2) is 0 Å². The molecule has 0 spiro atoms. The van der Waals surface area contributed by atoms with E-state index in [4.69, 9.17) is 14.2 Å². The molecule has 3 N–H and O–H groups in total. The van der Waals surface area contributed by atoms with Gasteiger partial charge in [0.25, 0.3) is 0 Å². The lowest BCUT2D eigenvalue weighted by Gasteiger charge is -2.19. The van der Waals surface area contributed by atoms with Crippen molar-refractivity contribution >= 4 is 23.0 Å². The summed E-state index contributed by atoms with van der Waals surface area (Å²) >= 11 is 0. The normalized spacial score (nSPS) is 11.6. The van der Waals surface area contributed by atoms with Crippen LogP contribution in [0.15, 0.2) is 121 Å². The minimum absolute atomic E-state index is 0.186. The average molecular weight is 738 g/mol. The van der Waals surface area contributed by atoms with Crippen LogP contribution in [-0.2, 0) is 35.6 Å². The molecule has 6 rings (SSSR count). The molecule has 0 fully saturated rings. The van der Waals surface area contributed by atoms with Crippen molar-refractivity contribution in [1.82, 2.24) is 15.6 Å². The predicted molar refractivity (Wildman–Crippen MR) is 219 cm³/mol. The topological polar surface area (TPSA) is 102 Å². The lowest BCUT2D eigenvalue weighted by molar-refractivity contribution is -0.147. The van der Waals surface area contributed by atoms with Crippen LogP contribution in [0.3, 0.4) is 0 Å². The van der Waals surface area contributed by atoms with Gasteiger partial charge in [-0.3, -0.25) is 4.79 Å². The molecule has 0 aliphatic rings. The molecule has 6 aromatic rings. The summed E-state index contributed by atoms with van der Waals surface area (Å²) in [5, 5.41) is 7.21. The first-order valence-electron chi connectivity index (χ1n) is 19.2. The maximum absolute atomic E-state index is 13.9. The van der Waals surface area contributed by atoms with Crippen molar-refractivity contribution in [3.63, 3.8) is 0 Å². The molecule has 55 heavy (non-hydrogen) atoms. The van der Waals surface area contributed by atoms with Crippen molar-refractivity contribution in [3.05, 3.63) is 155 Å². The number of aryl methyl sites for hydroxylation is 3. The van der Waals surface area contributed by atoms with Crippen molar-refractivity contribution < 1.29 is 23.8 Å². The summed E-state index contributed by atoms with van der Waals surface area (Å²) in [6.45, 7) is 8.05. The number of unbranched alkanes of at least 4 members (excludes halogenated alkanes) is 1. The van der Waals surface area contributed by atoms with E-state index < -0.39 is 12.1 Å². The van der Waals surface area contributed by atoms with E-state index in [1.54, 1.807) is 6.07 Å². The molecule has 5 aromatic carbocycles. The average Bonchev–Trinajstić information content (AvgIpc) is 3.56. The molecule has 0 saturated carbocycles. The zero-order valence-corrected chi connectivity index (χ0v) is 32.0. The number of amides is 1. The van der Waals surface area contributed by atoms with Crippen molar-refractivity contribution in [2.24, 2.45) is 0 Å². The molecule has 0 saturated heterocycles. The third-order valence-corrected chi connectivity index (χ3v) is 9.49. The Morgan fingerprint density at radius 2 is 1.38 bits per heavy atom. The predicted octanol–water partition coefficient (Wildman–Crippen LogP) is 9.80. The number of carbonyl (C=O) groups is 2. The molecule has 0 aliphatic heterocycles. The van der Waals surface area contributed by atoms with Crippen LogP contribution in [-0.4, -0.2) is 36.2 Å². The molecule has 0 radical (unpaired) electrons. The lowest BCUT2D eigenvalue weighted by atomic mass is 9.96. The third-order valence-electron chi connectivity index (χ3n) is 9.49. The van der Waals surface area contributed by atoms with Crippen LogP contribution in [0.2, 0.25) is 0 Å². The number of rotatable bonds is 18. The maximum Gasteiger partial charge on any atom is 0.412 e. The zero-order chi connectivity index (χ0) is 38.4. The Morgan fingerprint density at radius 3 is 2.07 bits per heavy atom. The monoisotopic (exact) mass is 737 g/mol. The van der Waals surface area contributed by atoms with Gasteiger partial charge < -0.3 is 29.8 Å². The maximum atomic E-state index is 13.9. The van der Waals surface area contributed by atoms with Gasteiger partial charge in [0.05, 0.1) is 0 Å². The quantitative estimate of drug-likeness (QED) is 0.0600. The molecular weight excluding hydrogens is 687 g/mol. The minimum Gasteiger partial charge on any atom is -0.489 e. The van der Waals surface area contributed by atoms with Crippen LogP contribution in [0.5, 0.6) is 11.5 Å². The Morgan fingerprint density at radius 1 is 0.709 bits per heavy atom. The number of hydrogen-bond acceptors (Lipinski definition) is 6. The first kappa shape index (κ1) is 38.9. The van der Waals surface area contributed by atoms with Crippen molar-refractivity contribution in [1.29, 1.82) is 0 Å². The van der Waals surface area contributed by atoms with Gasteiger partial charge in [-0.1, -0.05) is 96.9 Å². The van der Waals surface area contributed by atoms with E-state index in [0.29, 0.717) is 31.9 Å². The highest BCUT2D eigenvalue weighted by Crippen LogP contribution is 2.35. The van der Waals surface area contributed by atoms with Gasteiger partial charge in [0.2, 0.25) is 0 Å². The number of nitrogens with one attached hydrogen (secondary N) is 3. The molecule has 8 heteroatoms. The summed E-state index contributed by atoms with van der Waals surface area (Å²) in [7, 11) is 0. The Hall–Kier alpha value is -5.86. The first-order valence-corrected chi connectivity index (χ1v) is 19.2. The molecule has 1 atom stereocenters. The molecule has 284 valence electrons. The van der Waals surface area contributed by atoms with E-state index in [2.05, 4.69) is 71.9 Å². The first-order chi connectivity index (χ1) is 26.8. The second kappa shape index (κ2) is 19.5. The number of H-pyrrole nitrogens is 1. The van der Waals surface area contributed by atoms with Gasteiger partial charge in [-0.15, -0.1) is 0 Å². The van der Waals surface area contributed by atoms with Gasteiger partial charge in [-0.05, 0) is 116 Å². The molecule has 8 nitrogen and oxygen atoms in total. The minimum atomic E-state index is -0.620. The van der Waals surface area contributed by atoms with Crippen LogP contribution < -0.4 is 20.1 Å². The van der Waals surface area contributed by atoms with E-state index in [9.17, 15) is 9.59 Å². The van der Waals surface area contributed by atoms with Gasteiger partial charge in [-0.25, -0.2) is 4.79 Å². The Bertz CT molecular complexity index is 2130. The number of carbonyl (C=O) groups excluding carboxylic acids is 2. The SMILES string of the molecule is CCCNC(=O)Oc1ccc2[nH]c(-c3cc(C)cc(C)c3)c(CC(NCCCCc3ccc(OCc4ccccc4)cc3)C(=O)OCc3ccccc3)c2c1. The number of aromatic amines is 1. The summed E-state index contributed by atoms with van der Waals surface area (Å²) in [6, 6.07) is 39.6. The highest BCUT2D eigenvalue weighted by atomic mass is 16.6. The van der Waals surface area contributed by atoms with Crippen molar-refractivity contribution in [2.45, 2.75) is 72.1 Å². The van der Waals surface area contributed by atoms with E-state index in [1.807, 2.05) is 79.7 Å². The Balaban J connectivity index is 1.18. The summed E-state index contributed by atoms with van der Waals surface area (Å²) in [6.07, 6.45) is 3.41. The molecule has 1 aromatic heterocycles. The second-order valence-electron chi connectivity index (χ2n) is 14.1. The fraction of sp³-hybridized carbons (Fsp3) is 0.277. The van der Waals surface area contributed by atoms with Crippen molar-refractivity contribution in [2.75, 3.05) is 13.1 Å². The highest BCUT2D eigenvalue weighted by Gasteiger charge is 2.25. The van der Waals surface area contributed by atoms with E-state index in [0.717, 1.165) is 81.4 Å². The molecule has 0 aliphatic carbocycles. The van der Waals surface area contributed by atoms with Crippen LogP contribution >= 0.6 is 0 Å². The summed E-state index contributed by atoms with van der Waals surface area (Å²) in [5.74, 6) is 0.962. The molecule has 1 amide bonds. The Kier molecular flexibility index (Phi) is 13.7. The van der Waals surface area contributed by atoms with Crippen molar-refractivity contribution in [3.8, 4) is 22.8 Å². The standard InChI is InChI=1S/C47H51N3O5/c1-4-24-49-47(52)55-40-22-23-43-41(29-40)42(45(50-43)38-27-33(2)26-34(3)28-38)30-44(46(51)54-32-37-16-9-6-10-17-37)48-25-12-11-13-35-18-20-39(21-19-35)53-31-36-14-7-5-8-15-36/h5-10,14-23,26-29,44,48,50H,4,11-13,24-25,30-32H2,1-3H3,(H,49,52). The van der Waals surface area contributed by atoms with Gasteiger partial charge in [-0.2, -0.15) is 0 Å². The number of benzene rings is 5. The lowest BCUT2D eigenvalue weighted by Crippen LogP contribution is -2.40. The summed E-state index contributed by atoms with van der Waals surface area (Å²) < 4.78 is 17.6. The Labute approximate surface area is 324 Å². The van der Waals surface area contributed by atoms with Crippen LogP contribution in [0.25, 0.3) is 22.2 Å². The number of fused-ring (bicyclic) bond motifs is 1. The molecular formula is C47H51N3O5. The largest absolute Gasteiger partial charge is 0.489 e. The smallest absolute Gasteiger partial charge is 0.412 e. The van der Waals surface area contributed by atoms with Crippen LogP contribution in [0.4, 0.5) is 4.79 Å². The van der Waals surface area contributed by atoms with E-state index in [-0.39, 0.29) is 12.6 Å². The van der Waals surface area contributed by atoms with E-state index in [1.165, 1.54) is 5.56 Å². The number of esters is 1. The van der Waals surface area contributed by atoms with Crippen LogP contribution in [0.1, 0.15) is 59.6 Å². The number of aromatic nitrogens is 1. The summed E-state index contributed by atoms with van der Waals surface area (Å²) in [5.41, 5.74) is 9.37. The fourth-order valence-electron chi connectivity index (χ4n) is 6.73. The van der Waals surface area contributed by atoms with Crippen LogP contribution in [0, 0.1) is 13.8 Å². The number of hydrogen-bond donors (Lipinski definition) is 3. The molecule has 0 bridgehead atoms. The fourth-order valence-corrected chi connectivity index (χ4v) is 6.73. The van der Waals surface area contributed by atoms with E-state index >= 15 is 0 Å². The molecule has 1 unspecified atom stereocenters. The summed E-state index contributed by atoms with van der Waals surface area (Å²) in [4.78, 5) is 30.0. The van der Waals surface area contributed by atoms with Gasteiger partial charge >= 0.3 is 12.1 Å². The highest BCUT2D eigenvalue weighted by molar-refractivity contribution is 5.93. The third kappa shape index (κ3) is 11.3. The molecule has 1 heterocycles. The van der Waals surface area contributed by atoms with Gasteiger partial charge in [0.1, 0.15) is 30.8 Å². The number of ether oxygens (including phenoxy) is 3.